The van der Waals surface area contributed by atoms with Crippen LogP contribution in [0.5, 0.6) is 0 Å². The number of aromatic carboxylic acids is 1. The van der Waals surface area contributed by atoms with Crippen molar-refractivity contribution in [1.29, 1.82) is 0 Å². The summed E-state index contributed by atoms with van der Waals surface area (Å²) in [5.41, 5.74) is 0.466. The van der Waals surface area contributed by atoms with Crippen LogP contribution in [-0.2, 0) is 5.41 Å². The molecule has 6 heteroatoms. The smallest absolute Gasteiger partial charge is 0.347 e. The van der Waals surface area contributed by atoms with E-state index in [9.17, 15) is 9.90 Å². The number of thioether (sulfide) groups is 1. The summed E-state index contributed by atoms with van der Waals surface area (Å²) >= 11 is 3.32. The average molecular weight is 314 g/mol. The van der Waals surface area contributed by atoms with E-state index in [2.05, 4.69) is 16.8 Å². The van der Waals surface area contributed by atoms with Crippen molar-refractivity contribution in [3.63, 3.8) is 0 Å². The molecule has 1 N–H and O–H groups in total. The van der Waals surface area contributed by atoms with Gasteiger partial charge in [-0.3, -0.25) is 0 Å². The van der Waals surface area contributed by atoms with Gasteiger partial charge in [0, 0.05) is 29.5 Å². The largest absolute Gasteiger partial charge is 0.477 e. The molecule has 4 nitrogen and oxygen atoms in total. The molecule has 1 aliphatic rings. The van der Waals surface area contributed by atoms with Gasteiger partial charge in [0.05, 0.1) is 5.69 Å². The Labute approximate surface area is 128 Å². The van der Waals surface area contributed by atoms with Crippen LogP contribution >= 0.6 is 23.1 Å². The van der Waals surface area contributed by atoms with Crippen molar-refractivity contribution < 1.29 is 9.90 Å². The van der Waals surface area contributed by atoms with Crippen LogP contribution in [0.2, 0.25) is 0 Å². The fourth-order valence-electron chi connectivity index (χ4n) is 2.24. The van der Waals surface area contributed by atoms with Crippen LogP contribution in [0.4, 0.5) is 5.13 Å². The predicted octanol–water partition coefficient (Wildman–Crippen LogP) is 3.47. The first-order valence-electron chi connectivity index (χ1n) is 6.94. The molecule has 2 heterocycles. The van der Waals surface area contributed by atoms with Crippen molar-refractivity contribution in [2.45, 2.75) is 44.8 Å². The molecule has 0 saturated carbocycles. The molecule has 0 bridgehead atoms. The molecule has 0 aliphatic carbocycles. The predicted molar refractivity (Wildman–Crippen MR) is 86.5 cm³/mol. The summed E-state index contributed by atoms with van der Waals surface area (Å²) in [5.74, 6) is 0.225. The standard InChI is InChI=1S/C14H22N2O2S2/c1-5-9-8-16(6-7-19-9)13-15-11(14(2,3)4)10(20-13)12(17)18/h9H,5-8H2,1-4H3,(H,17,18). The number of hydrogen-bond donors (Lipinski definition) is 1. The van der Waals surface area contributed by atoms with E-state index in [1.807, 2.05) is 32.5 Å². The second-order valence-electron chi connectivity index (χ2n) is 6.08. The summed E-state index contributed by atoms with van der Waals surface area (Å²) in [6, 6.07) is 0. The monoisotopic (exact) mass is 314 g/mol. The summed E-state index contributed by atoms with van der Waals surface area (Å²) in [6.07, 6.45) is 1.14. The Kier molecular flexibility index (Phi) is 4.64. The molecule has 2 rings (SSSR count). The van der Waals surface area contributed by atoms with E-state index in [4.69, 9.17) is 0 Å². The number of rotatable bonds is 3. The number of nitrogens with zero attached hydrogens (tertiary/aromatic N) is 2. The number of anilines is 1. The molecule has 0 spiro atoms. The number of thiazole rings is 1. The van der Waals surface area contributed by atoms with E-state index in [0.717, 1.165) is 30.4 Å². The Morgan fingerprint density at radius 3 is 2.70 bits per heavy atom. The third kappa shape index (κ3) is 3.28. The number of carboxylic acids is 1. The van der Waals surface area contributed by atoms with Crippen molar-refractivity contribution in [3.8, 4) is 0 Å². The van der Waals surface area contributed by atoms with Crippen molar-refractivity contribution >= 4 is 34.2 Å². The van der Waals surface area contributed by atoms with Gasteiger partial charge in [0.1, 0.15) is 4.88 Å². The van der Waals surface area contributed by atoms with Gasteiger partial charge in [0.15, 0.2) is 5.13 Å². The van der Waals surface area contributed by atoms with Gasteiger partial charge in [-0.15, -0.1) is 0 Å². The van der Waals surface area contributed by atoms with Gasteiger partial charge in [-0.25, -0.2) is 9.78 Å². The second-order valence-corrected chi connectivity index (χ2v) is 8.46. The lowest BCUT2D eigenvalue weighted by atomic mass is 9.91. The molecule has 0 radical (unpaired) electrons. The maximum atomic E-state index is 11.4. The van der Waals surface area contributed by atoms with Crippen LogP contribution in [-0.4, -0.2) is 40.2 Å². The Morgan fingerprint density at radius 1 is 1.50 bits per heavy atom. The van der Waals surface area contributed by atoms with Crippen LogP contribution in [0.25, 0.3) is 0 Å². The second kappa shape index (κ2) is 5.93. The number of hydrogen-bond acceptors (Lipinski definition) is 5. The molecule has 1 unspecified atom stereocenters. The minimum absolute atomic E-state index is 0.239. The van der Waals surface area contributed by atoms with Crippen LogP contribution in [0.3, 0.4) is 0 Å². The molecule has 1 saturated heterocycles. The molecule has 20 heavy (non-hydrogen) atoms. The van der Waals surface area contributed by atoms with Crippen LogP contribution in [0.1, 0.15) is 49.5 Å². The summed E-state index contributed by atoms with van der Waals surface area (Å²) in [6.45, 7) is 10.2. The maximum Gasteiger partial charge on any atom is 0.347 e. The van der Waals surface area contributed by atoms with Gasteiger partial charge in [0.2, 0.25) is 0 Å². The van der Waals surface area contributed by atoms with E-state index in [-0.39, 0.29) is 5.41 Å². The third-order valence-corrected chi connectivity index (χ3v) is 5.86. The van der Waals surface area contributed by atoms with E-state index >= 15 is 0 Å². The highest BCUT2D eigenvalue weighted by Gasteiger charge is 2.30. The Hall–Kier alpha value is -0.750. The lowest BCUT2D eigenvalue weighted by molar-refractivity contribution is 0.0699. The van der Waals surface area contributed by atoms with E-state index < -0.39 is 5.97 Å². The van der Waals surface area contributed by atoms with Gasteiger partial charge >= 0.3 is 5.97 Å². The molecule has 1 aromatic rings. The Balaban J connectivity index is 2.31. The Morgan fingerprint density at radius 2 is 2.20 bits per heavy atom. The summed E-state index contributed by atoms with van der Waals surface area (Å²) in [5, 5.41) is 10.9. The highest BCUT2D eigenvalue weighted by Crippen LogP contribution is 2.35. The van der Waals surface area contributed by atoms with Crippen LogP contribution in [0, 0.1) is 0 Å². The minimum atomic E-state index is -0.864. The van der Waals surface area contributed by atoms with E-state index in [1.54, 1.807) is 0 Å². The zero-order chi connectivity index (χ0) is 14.9. The van der Waals surface area contributed by atoms with Gasteiger partial charge in [-0.1, -0.05) is 39.0 Å². The quantitative estimate of drug-likeness (QED) is 0.926. The molecule has 1 fully saturated rings. The van der Waals surface area contributed by atoms with Gasteiger partial charge < -0.3 is 10.0 Å². The van der Waals surface area contributed by atoms with Crippen LogP contribution < -0.4 is 4.90 Å². The molecular weight excluding hydrogens is 292 g/mol. The van der Waals surface area contributed by atoms with Crippen molar-refractivity contribution in [1.82, 2.24) is 4.98 Å². The number of aromatic nitrogens is 1. The van der Waals surface area contributed by atoms with E-state index in [0.29, 0.717) is 15.8 Å². The summed E-state index contributed by atoms with van der Waals surface area (Å²) < 4.78 is 0. The normalized spacial score (nSPS) is 20.2. The molecule has 0 amide bonds. The summed E-state index contributed by atoms with van der Waals surface area (Å²) in [4.78, 5) is 18.7. The third-order valence-electron chi connectivity index (χ3n) is 3.39. The minimum Gasteiger partial charge on any atom is -0.477 e. The van der Waals surface area contributed by atoms with Gasteiger partial charge in [-0.2, -0.15) is 11.8 Å². The lowest BCUT2D eigenvalue weighted by Gasteiger charge is -2.31. The zero-order valence-corrected chi connectivity index (χ0v) is 14.1. The highest BCUT2D eigenvalue weighted by atomic mass is 32.2. The molecule has 1 aliphatic heterocycles. The SMILES string of the molecule is CCC1CN(c2nc(C(C)(C)C)c(C(=O)O)s2)CCS1. The maximum absolute atomic E-state index is 11.4. The van der Waals surface area contributed by atoms with Crippen molar-refractivity contribution in [3.05, 3.63) is 10.6 Å². The number of carbonyl (C=O) groups is 1. The topological polar surface area (TPSA) is 53.4 Å². The first-order chi connectivity index (χ1) is 9.32. The average Bonchev–Trinajstić information content (AvgIpc) is 2.84. The molecule has 112 valence electrons. The fraction of sp³-hybridized carbons (Fsp3) is 0.714. The highest BCUT2D eigenvalue weighted by molar-refractivity contribution is 8.00. The molecule has 1 atom stereocenters. The van der Waals surface area contributed by atoms with Crippen molar-refractivity contribution in [2.75, 3.05) is 23.7 Å². The Bertz CT molecular complexity index is 494. The number of carboxylic acid groups (broad SMARTS) is 1. The van der Waals surface area contributed by atoms with Crippen LogP contribution in [0.15, 0.2) is 0 Å². The lowest BCUT2D eigenvalue weighted by Crippen LogP contribution is -2.37. The fourth-order valence-corrected chi connectivity index (χ4v) is 4.57. The first kappa shape index (κ1) is 15.6. The molecule has 1 aromatic heterocycles. The van der Waals surface area contributed by atoms with Gasteiger partial charge in [0.25, 0.3) is 0 Å². The van der Waals surface area contributed by atoms with Crippen molar-refractivity contribution in [2.24, 2.45) is 0 Å². The summed E-state index contributed by atoms with van der Waals surface area (Å²) in [7, 11) is 0. The molecular formula is C14H22N2O2S2. The first-order valence-corrected chi connectivity index (χ1v) is 8.80. The van der Waals surface area contributed by atoms with Gasteiger partial charge in [-0.05, 0) is 6.42 Å². The van der Waals surface area contributed by atoms with E-state index in [1.165, 1.54) is 11.3 Å². The zero-order valence-electron chi connectivity index (χ0n) is 12.5. The molecule has 0 aromatic carbocycles.